The van der Waals surface area contributed by atoms with Crippen molar-refractivity contribution >= 4 is 24.4 Å². The molecule has 0 radical (unpaired) electrons. The van der Waals surface area contributed by atoms with Crippen LogP contribution in [0.1, 0.15) is 13.8 Å². The molecule has 0 bridgehead atoms. The van der Waals surface area contributed by atoms with E-state index in [-0.39, 0.29) is 0 Å². The molecule has 1 aromatic rings. The molecule has 1 aromatic carbocycles. The largest absolute Gasteiger partial charge is 0.497 e. The fourth-order valence-corrected chi connectivity index (χ4v) is 3.29. The second kappa shape index (κ2) is 7.13. The van der Waals surface area contributed by atoms with Gasteiger partial charge in [-0.1, -0.05) is 13.8 Å². The first-order chi connectivity index (χ1) is 7.67. The molecule has 0 N–H and O–H groups in total. The van der Waals surface area contributed by atoms with Crippen molar-refractivity contribution < 1.29 is 4.74 Å². The highest BCUT2D eigenvalue weighted by Gasteiger charge is 2.11. The van der Waals surface area contributed by atoms with Gasteiger partial charge in [0.2, 0.25) is 0 Å². The number of methoxy groups -OCH3 is 1. The smallest absolute Gasteiger partial charge is 0.118 e. The van der Waals surface area contributed by atoms with Crippen LogP contribution in [0.3, 0.4) is 0 Å². The Morgan fingerprint density at radius 3 is 2.31 bits per heavy atom. The van der Waals surface area contributed by atoms with Gasteiger partial charge in [0, 0.05) is 10.6 Å². The molecule has 1 unspecified atom stereocenters. The van der Waals surface area contributed by atoms with Crippen LogP contribution in [0.25, 0.3) is 0 Å². The molecule has 0 aromatic heterocycles. The second-order valence-corrected chi connectivity index (χ2v) is 5.63. The van der Waals surface area contributed by atoms with Gasteiger partial charge in [0.15, 0.2) is 0 Å². The van der Waals surface area contributed by atoms with Crippen molar-refractivity contribution in [3.8, 4) is 5.75 Å². The quantitative estimate of drug-likeness (QED) is 0.609. The third-order valence-electron chi connectivity index (χ3n) is 2.70. The normalized spacial score (nSPS) is 12.8. The molecule has 1 atom stereocenters. The Hall–Kier alpha value is -0.280. The van der Waals surface area contributed by atoms with Crippen LogP contribution in [-0.4, -0.2) is 18.6 Å². The minimum Gasteiger partial charge on any atom is -0.497 e. The molecule has 16 heavy (non-hydrogen) atoms. The Morgan fingerprint density at radius 2 is 1.88 bits per heavy atom. The predicted octanol–water partition coefficient (Wildman–Crippen LogP) is 3.99. The minimum atomic E-state index is 0.676. The number of thioether (sulfide) groups is 1. The third kappa shape index (κ3) is 4.30. The summed E-state index contributed by atoms with van der Waals surface area (Å²) in [4.78, 5) is 1.30. The zero-order valence-electron chi connectivity index (χ0n) is 10.1. The van der Waals surface area contributed by atoms with Gasteiger partial charge in [-0.3, -0.25) is 0 Å². The van der Waals surface area contributed by atoms with E-state index >= 15 is 0 Å². The number of rotatable bonds is 6. The Bertz CT molecular complexity index is 295. The lowest BCUT2D eigenvalue weighted by Crippen LogP contribution is -2.13. The molecule has 90 valence electrons. The van der Waals surface area contributed by atoms with E-state index < -0.39 is 0 Å². The molecule has 0 amide bonds. The molecule has 0 aliphatic rings. The van der Waals surface area contributed by atoms with Crippen molar-refractivity contribution in [3.05, 3.63) is 24.3 Å². The summed E-state index contributed by atoms with van der Waals surface area (Å²) in [6.45, 7) is 4.52. The summed E-state index contributed by atoms with van der Waals surface area (Å²) in [6.07, 6.45) is 0. The van der Waals surface area contributed by atoms with Crippen LogP contribution in [0.4, 0.5) is 0 Å². The summed E-state index contributed by atoms with van der Waals surface area (Å²) in [7, 11) is 1.69. The van der Waals surface area contributed by atoms with Gasteiger partial charge >= 0.3 is 0 Å². The maximum atomic E-state index is 5.13. The topological polar surface area (TPSA) is 9.23 Å². The average molecular weight is 256 g/mol. The maximum absolute atomic E-state index is 5.13. The zero-order chi connectivity index (χ0) is 12.0. The molecule has 0 saturated heterocycles. The van der Waals surface area contributed by atoms with Gasteiger partial charge in [-0.25, -0.2) is 0 Å². The molecule has 1 nitrogen and oxygen atoms in total. The average Bonchev–Trinajstić information content (AvgIpc) is 2.30. The van der Waals surface area contributed by atoms with E-state index in [0.29, 0.717) is 11.8 Å². The summed E-state index contributed by atoms with van der Waals surface area (Å²) in [5.74, 6) is 4.38. The number of hydrogen-bond acceptors (Lipinski definition) is 3. The zero-order valence-corrected chi connectivity index (χ0v) is 11.9. The highest BCUT2D eigenvalue weighted by atomic mass is 32.2. The molecule has 0 aliphatic carbocycles. The first-order valence-electron chi connectivity index (χ1n) is 5.55. The lowest BCUT2D eigenvalue weighted by Gasteiger charge is -2.17. The molecule has 0 aliphatic heterocycles. The van der Waals surface area contributed by atoms with Gasteiger partial charge < -0.3 is 4.74 Å². The highest BCUT2D eigenvalue weighted by molar-refractivity contribution is 7.99. The summed E-state index contributed by atoms with van der Waals surface area (Å²) in [5.41, 5.74) is 0. The van der Waals surface area contributed by atoms with Gasteiger partial charge in [-0.15, -0.1) is 11.8 Å². The minimum absolute atomic E-state index is 0.676. The van der Waals surface area contributed by atoms with Gasteiger partial charge in [0.05, 0.1) is 7.11 Å². The van der Waals surface area contributed by atoms with Gasteiger partial charge in [0.25, 0.3) is 0 Å². The van der Waals surface area contributed by atoms with E-state index in [1.54, 1.807) is 7.11 Å². The number of benzene rings is 1. The van der Waals surface area contributed by atoms with Gasteiger partial charge in [-0.05, 0) is 41.9 Å². The standard InChI is InChI=1S/C13H20OS2/c1-10(2)11(8-15)9-16-13-6-4-12(14-3)5-7-13/h4-7,10-11,15H,8-9H2,1-3H3. The molecular weight excluding hydrogens is 236 g/mol. The fraction of sp³-hybridized carbons (Fsp3) is 0.538. The first kappa shape index (κ1) is 13.8. The van der Waals surface area contributed by atoms with E-state index in [4.69, 9.17) is 4.74 Å². The van der Waals surface area contributed by atoms with Crippen LogP contribution in [0.15, 0.2) is 29.2 Å². The van der Waals surface area contributed by atoms with E-state index in [1.165, 1.54) is 4.90 Å². The van der Waals surface area contributed by atoms with Crippen molar-refractivity contribution in [1.82, 2.24) is 0 Å². The Kier molecular flexibility index (Phi) is 6.14. The fourth-order valence-electron chi connectivity index (χ4n) is 1.33. The lowest BCUT2D eigenvalue weighted by atomic mass is 10.0. The van der Waals surface area contributed by atoms with Crippen molar-refractivity contribution in [2.24, 2.45) is 11.8 Å². The summed E-state index contributed by atoms with van der Waals surface area (Å²) >= 11 is 6.30. The summed E-state index contributed by atoms with van der Waals surface area (Å²) in [5, 5.41) is 0. The number of hydrogen-bond donors (Lipinski definition) is 1. The number of ether oxygens (including phenoxy) is 1. The van der Waals surface area contributed by atoms with E-state index in [0.717, 1.165) is 17.3 Å². The second-order valence-electron chi connectivity index (χ2n) is 4.17. The molecule has 1 rings (SSSR count). The molecule has 0 saturated carbocycles. The van der Waals surface area contributed by atoms with Gasteiger partial charge in [-0.2, -0.15) is 12.6 Å². The Labute approximate surface area is 108 Å². The monoisotopic (exact) mass is 256 g/mol. The van der Waals surface area contributed by atoms with Gasteiger partial charge in [0.1, 0.15) is 5.75 Å². The van der Waals surface area contributed by atoms with Crippen LogP contribution in [0.5, 0.6) is 5.75 Å². The predicted molar refractivity (Wildman–Crippen MR) is 75.9 cm³/mol. The van der Waals surface area contributed by atoms with E-state index in [2.05, 4.69) is 38.6 Å². The molecule has 0 spiro atoms. The first-order valence-corrected chi connectivity index (χ1v) is 7.17. The van der Waals surface area contributed by atoms with Crippen LogP contribution in [0, 0.1) is 11.8 Å². The Morgan fingerprint density at radius 1 is 1.25 bits per heavy atom. The van der Waals surface area contributed by atoms with Crippen molar-refractivity contribution in [1.29, 1.82) is 0 Å². The third-order valence-corrected chi connectivity index (χ3v) is 4.37. The lowest BCUT2D eigenvalue weighted by molar-refractivity contribution is 0.414. The molecule has 0 fully saturated rings. The summed E-state index contributed by atoms with van der Waals surface area (Å²) < 4.78 is 5.13. The van der Waals surface area contributed by atoms with E-state index in [1.807, 2.05) is 23.9 Å². The van der Waals surface area contributed by atoms with Crippen molar-refractivity contribution in [2.75, 3.05) is 18.6 Å². The Balaban J connectivity index is 2.47. The highest BCUT2D eigenvalue weighted by Crippen LogP contribution is 2.26. The molecule has 0 heterocycles. The SMILES string of the molecule is COc1ccc(SCC(CS)C(C)C)cc1. The number of thiol groups is 1. The molecule has 3 heteroatoms. The maximum Gasteiger partial charge on any atom is 0.118 e. The van der Waals surface area contributed by atoms with Crippen LogP contribution >= 0.6 is 24.4 Å². The summed E-state index contributed by atoms with van der Waals surface area (Å²) in [6, 6.07) is 8.24. The molecular formula is C13H20OS2. The van der Waals surface area contributed by atoms with Crippen molar-refractivity contribution in [2.45, 2.75) is 18.7 Å². The van der Waals surface area contributed by atoms with E-state index in [9.17, 15) is 0 Å². The van der Waals surface area contributed by atoms with Crippen molar-refractivity contribution in [3.63, 3.8) is 0 Å². The van der Waals surface area contributed by atoms with Crippen LogP contribution < -0.4 is 4.74 Å². The van der Waals surface area contributed by atoms with Crippen LogP contribution in [0.2, 0.25) is 0 Å². The van der Waals surface area contributed by atoms with Crippen LogP contribution in [-0.2, 0) is 0 Å².